The van der Waals surface area contributed by atoms with Crippen LogP contribution >= 0.6 is 0 Å². The standard InChI is InChI=1S/C18H17NO2/c20-18-19-12-14-8-4-5-9-15(14)17(16(19)10-11-21-18)13-6-2-1-3-7-13/h1-9,16-17H,10-12H2/t16-,17-/m1/s1. The SMILES string of the molecule is O=C1OCC[C@@H]2[C@H](c3ccccc3)c3ccccc3CN12. The second-order valence-electron chi connectivity index (χ2n) is 5.69. The Bertz CT molecular complexity index is 668. The summed E-state index contributed by atoms with van der Waals surface area (Å²) in [6.07, 6.45) is 0.710. The number of hydrogen-bond acceptors (Lipinski definition) is 2. The van der Waals surface area contributed by atoms with E-state index in [9.17, 15) is 4.79 Å². The van der Waals surface area contributed by atoms with Crippen molar-refractivity contribution in [3.8, 4) is 0 Å². The lowest BCUT2D eigenvalue weighted by atomic mass is 9.77. The van der Waals surface area contributed by atoms with Crippen LogP contribution in [0.5, 0.6) is 0 Å². The van der Waals surface area contributed by atoms with E-state index in [4.69, 9.17) is 4.74 Å². The number of ether oxygens (including phenoxy) is 1. The number of nitrogens with zero attached hydrogens (tertiary/aromatic N) is 1. The molecule has 2 aromatic rings. The monoisotopic (exact) mass is 279 g/mol. The lowest BCUT2D eigenvalue weighted by molar-refractivity contribution is 0.0307. The summed E-state index contributed by atoms with van der Waals surface area (Å²) in [7, 11) is 0. The molecule has 0 aromatic heterocycles. The van der Waals surface area contributed by atoms with E-state index < -0.39 is 0 Å². The van der Waals surface area contributed by atoms with Crippen molar-refractivity contribution < 1.29 is 9.53 Å². The smallest absolute Gasteiger partial charge is 0.410 e. The van der Waals surface area contributed by atoms with Gasteiger partial charge in [0.05, 0.1) is 6.61 Å². The summed E-state index contributed by atoms with van der Waals surface area (Å²) in [5.74, 6) is 0.240. The van der Waals surface area contributed by atoms with Crippen LogP contribution in [0, 0.1) is 0 Å². The van der Waals surface area contributed by atoms with E-state index in [2.05, 4.69) is 42.5 Å². The van der Waals surface area contributed by atoms with E-state index in [1.54, 1.807) is 0 Å². The fourth-order valence-corrected chi connectivity index (χ4v) is 3.60. The van der Waals surface area contributed by atoms with Crippen molar-refractivity contribution in [3.05, 3.63) is 71.3 Å². The van der Waals surface area contributed by atoms with E-state index >= 15 is 0 Å². The molecule has 0 saturated carbocycles. The number of hydrogen-bond donors (Lipinski definition) is 0. The molecule has 4 rings (SSSR count). The molecule has 2 aliphatic rings. The molecule has 1 fully saturated rings. The molecule has 0 bridgehead atoms. The van der Waals surface area contributed by atoms with Crippen molar-refractivity contribution in [3.63, 3.8) is 0 Å². The van der Waals surface area contributed by atoms with Gasteiger partial charge in [-0.2, -0.15) is 0 Å². The Balaban J connectivity index is 1.86. The molecule has 0 aliphatic carbocycles. The maximum absolute atomic E-state index is 12.1. The van der Waals surface area contributed by atoms with Crippen LogP contribution in [-0.4, -0.2) is 23.6 Å². The highest BCUT2D eigenvalue weighted by molar-refractivity contribution is 5.70. The van der Waals surface area contributed by atoms with Gasteiger partial charge in [-0.25, -0.2) is 4.79 Å². The van der Waals surface area contributed by atoms with Gasteiger partial charge in [-0.1, -0.05) is 54.6 Å². The molecule has 21 heavy (non-hydrogen) atoms. The number of benzene rings is 2. The van der Waals surface area contributed by atoms with E-state index in [1.165, 1.54) is 16.7 Å². The van der Waals surface area contributed by atoms with Gasteiger partial charge >= 0.3 is 6.09 Å². The van der Waals surface area contributed by atoms with Crippen LogP contribution in [0.4, 0.5) is 4.79 Å². The summed E-state index contributed by atoms with van der Waals surface area (Å²) in [5, 5.41) is 0. The molecule has 1 amide bonds. The van der Waals surface area contributed by atoms with E-state index in [0.717, 1.165) is 6.42 Å². The molecule has 3 nitrogen and oxygen atoms in total. The summed E-state index contributed by atoms with van der Waals surface area (Å²) in [5.41, 5.74) is 3.84. The van der Waals surface area contributed by atoms with Crippen LogP contribution in [-0.2, 0) is 11.3 Å². The first-order valence-electron chi connectivity index (χ1n) is 7.41. The third kappa shape index (κ3) is 2.00. The van der Waals surface area contributed by atoms with Gasteiger partial charge in [-0.05, 0) is 16.7 Å². The Kier molecular flexibility index (Phi) is 2.92. The summed E-state index contributed by atoms with van der Waals surface area (Å²) >= 11 is 0. The lowest BCUT2D eigenvalue weighted by Crippen LogP contribution is -2.51. The predicted octanol–water partition coefficient (Wildman–Crippen LogP) is 3.54. The number of carbonyl (C=O) groups excluding carboxylic acids is 1. The second kappa shape index (κ2) is 4.92. The third-order valence-electron chi connectivity index (χ3n) is 4.55. The van der Waals surface area contributed by atoms with Crippen LogP contribution in [0.3, 0.4) is 0 Å². The van der Waals surface area contributed by atoms with Crippen LogP contribution in [0.1, 0.15) is 29.0 Å². The van der Waals surface area contributed by atoms with Gasteiger partial charge in [0.15, 0.2) is 0 Å². The molecule has 2 aromatic carbocycles. The van der Waals surface area contributed by atoms with Crippen molar-refractivity contribution in [2.75, 3.05) is 6.61 Å². The van der Waals surface area contributed by atoms with E-state index in [1.807, 2.05) is 17.0 Å². The molecule has 2 atom stereocenters. The molecule has 3 heteroatoms. The zero-order valence-corrected chi connectivity index (χ0v) is 11.7. The Morgan fingerprint density at radius 3 is 2.62 bits per heavy atom. The minimum Gasteiger partial charge on any atom is -0.449 e. The van der Waals surface area contributed by atoms with Crippen molar-refractivity contribution in [1.82, 2.24) is 4.90 Å². The number of amides is 1. The molecule has 0 spiro atoms. The van der Waals surface area contributed by atoms with Crippen LogP contribution in [0.15, 0.2) is 54.6 Å². The normalized spacial score (nSPS) is 24.0. The quantitative estimate of drug-likeness (QED) is 0.799. The maximum atomic E-state index is 12.1. The van der Waals surface area contributed by atoms with E-state index in [0.29, 0.717) is 13.2 Å². The van der Waals surface area contributed by atoms with Crippen molar-refractivity contribution >= 4 is 6.09 Å². The molecular weight excluding hydrogens is 262 g/mol. The van der Waals surface area contributed by atoms with Crippen molar-refractivity contribution in [1.29, 1.82) is 0 Å². The van der Waals surface area contributed by atoms with Gasteiger partial charge in [0.25, 0.3) is 0 Å². The molecule has 2 heterocycles. The first-order valence-corrected chi connectivity index (χ1v) is 7.41. The van der Waals surface area contributed by atoms with Crippen molar-refractivity contribution in [2.45, 2.75) is 24.9 Å². The molecule has 0 radical (unpaired) electrons. The highest BCUT2D eigenvalue weighted by atomic mass is 16.6. The van der Waals surface area contributed by atoms with Crippen molar-refractivity contribution in [2.24, 2.45) is 0 Å². The minimum absolute atomic E-state index is 0.179. The largest absolute Gasteiger partial charge is 0.449 e. The number of cyclic esters (lactones) is 1. The number of carbonyl (C=O) groups is 1. The Hall–Kier alpha value is -2.29. The first-order chi connectivity index (χ1) is 10.3. The van der Waals surface area contributed by atoms with Crippen LogP contribution in [0.2, 0.25) is 0 Å². The highest BCUT2D eigenvalue weighted by Crippen LogP contribution is 2.40. The Morgan fingerprint density at radius 2 is 1.76 bits per heavy atom. The molecule has 1 saturated heterocycles. The molecule has 106 valence electrons. The van der Waals surface area contributed by atoms with E-state index in [-0.39, 0.29) is 18.1 Å². The third-order valence-corrected chi connectivity index (χ3v) is 4.55. The lowest BCUT2D eigenvalue weighted by Gasteiger charge is -2.44. The van der Waals surface area contributed by atoms with Crippen LogP contribution in [0.25, 0.3) is 0 Å². The molecule has 0 unspecified atom stereocenters. The zero-order valence-electron chi connectivity index (χ0n) is 11.7. The highest BCUT2D eigenvalue weighted by Gasteiger charge is 2.41. The Morgan fingerprint density at radius 1 is 1.00 bits per heavy atom. The number of fused-ring (bicyclic) bond motifs is 2. The molecule has 0 N–H and O–H groups in total. The predicted molar refractivity (Wildman–Crippen MR) is 80.0 cm³/mol. The summed E-state index contributed by atoms with van der Waals surface area (Å²) in [6.45, 7) is 1.18. The fraction of sp³-hybridized carbons (Fsp3) is 0.278. The summed E-state index contributed by atoms with van der Waals surface area (Å²) in [4.78, 5) is 14.0. The van der Waals surface area contributed by atoms with Gasteiger partial charge in [0.1, 0.15) is 0 Å². The summed E-state index contributed by atoms with van der Waals surface area (Å²) < 4.78 is 5.23. The van der Waals surface area contributed by atoms with Gasteiger partial charge in [0, 0.05) is 24.9 Å². The van der Waals surface area contributed by atoms with Gasteiger partial charge in [0.2, 0.25) is 0 Å². The van der Waals surface area contributed by atoms with Gasteiger partial charge in [-0.3, -0.25) is 4.90 Å². The molecule has 2 aliphatic heterocycles. The van der Waals surface area contributed by atoms with Gasteiger partial charge in [-0.15, -0.1) is 0 Å². The summed E-state index contributed by atoms with van der Waals surface area (Å²) in [6, 6.07) is 19.1. The first kappa shape index (κ1) is 12.5. The second-order valence-corrected chi connectivity index (χ2v) is 5.69. The Labute approximate surface area is 124 Å². The maximum Gasteiger partial charge on any atom is 0.410 e. The average molecular weight is 279 g/mol. The average Bonchev–Trinajstić information content (AvgIpc) is 2.54. The number of rotatable bonds is 1. The minimum atomic E-state index is -0.179. The van der Waals surface area contributed by atoms with Crippen LogP contribution < -0.4 is 0 Å². The fourth-order valence-electron chi connectivity index (χ4n) is 3.60. The zero-order chi connectivity index (χ0) is 14.2. The van der Waals surface area contributed by atoms with Gasteiger partial charge < -0.3 is 4.74 Å². The molecular formula is C18H17NO2. The topological polar surface area (TPSA) is 29.5 Å².